The van der Waals surface area contributed by atoms with Gasteiger partial charge in [0.15, 0.2) is 0 Å². The maximum Gasteiger partial charge on any atom is 0.293 e. The first-order valence-corrected chi connectivity index (χ1v) is 11.3. The summed E-state index contributed by atoms with van der Waals surface area (Å²) in [4.78, 5) is 25.6. The third kappa shape index (κ3) is 5.67. The van der Waals surface area contributed by atoms with E-state index in [1.165, 1.54) is 5.69 Å². The van der Waals surface area contributed by atoms with Crippen LogP contribution in [0.4, 0.5) is 5.69 Å². The zero-order chi connectivity index (χ0) is 24.8. The van der Waals surface area contributed by atoms with Crippen molar-refractivity contribution >= 4 is 23.6 Å². The maximum atomic E-state index is 10.9. The fraction of sp³-hybridized carbons (Fsp3) is 0.280. The summed E-state index contributed by atoms with van der Waals surface area (Å²) in [6, 6.07) is 11.0. The fourth-order valence-electron chi connectivity index (χ4n) is 4.01. The molecule has 1 aromatic carbocycles. The van der Waals surface area contributed by atoms with E-state index >= 15 is 0 Å². The van der Waals surface area contributed by atoms with Crippen molar-refractivity contribution in [2.75, 3.05) is 38.1 Å². The second-order valence-corrected chi connectivity index (χ2v) is 8.40. The Balaban J connectivity index is 0.000000191. The van der Waals surface area contributed by atoms with Crippen LogP contribution in [-0.4, -0.2) is 69.9 Å². The predicted octanol–water partition coefficient (Wildman–Crippen LogP) is 1.95. The van der Waals surface area contributed by atoms with Crippen LogP contribution in [0.15, 0.2) is 61.2 Å². The molecule has 0 bridgehead atoms. The number of nitrogens with zero attached hydrogens (tertiary/aromatic N) is 6. The van der Waals surface area contributed by atoms with Gasteiger partial charge in [0, 0.05) is 67.9 Å². The maximum absolute atomic E-state index is 10.9. The smallest absolute Gasteiger partial charge is 0.293 e. The number of aromatic nitrogens is 4. The number of benzene rings is 1. The van der Waals surface area contributed by atoms with E-state index in [0.29, 0.717) is 17.6 Å². The van der Waals surface area contributed by atoms with Crippen molar-refractivity contribution < 1.29 is 14.3 Å². The highest BCUT2D eigenvalue weighted by Gasteiger charge is 2.18. The summed E-state index contributed by atoms with van der Waals surface area (Å²) in [5.41, 5.74) is 10.7. The van der Waals surface area contributed by atoms with Crippen molar-refractivity contribution in [1.29, 1.82) is 0 Å². The highest BCUT2D eigenvalue weighted by atomic mass is 16.5. The van der Waals surface area contributed by atoms with Crippen LogP contribution >= 0.6 is 0 Å². The summed E-state index contributed by atoms with van der Waals surface area (Å²) >= 11 is 0. The fourth-order valence-corrected chi connectivity index (χ4v) is 4.01. The Morgan fingerprint density at radius 3 is 2.46 bits per heavy atom. The number of carbonyl (C=O) groups excluding carboxylic acids is 2. The van der Waals surface area contributed by atoms with Crippen molar-refractivity contribution in [3.05, 3.63) is 72.3 Å². The topological polar surface area (TPSA) is 111 Å². The van der Waals surface area contributed by atoms with Crippen LogP contribution in [0, 0.1) is 0 Å². The lowest BCUT2D eigenvalue weighted by Gasteiger charge is -2.33. The number of piperazine rings is 1. The largest absolute Gasteiger partial charge is 0.463 e. The number of primary amides is 1. The zero-order valence-corrected chi connectivity index (χ0v) is 19.9. The minimum atomic E-state index is -0.523. The molecule has 1 saturated heterocycles. The predicted molar refractivity (Wildman–Crippen MR) is 133 cm³/mol. The first-order valence-electron chi connectivity index (χ1n) is 11.3. The van der Waals surface area contributed by atoms with Crippen LogP contribution in [0.3, 0.4) is 0 Å². The summed E-state index contributed by atoms with van der Waals surface area (Å²) in [6.45, 7) is 4.72. The lowest BCUT2D eigenvalue weighted by Crippen LogP contribution is -2.44. The summed E-state index contributed by atoms with van der Waals surface area (Å²) < 4.78 is 8.31. The Morgan fingerprint density at radius 2 is 1.77 bits per heavy atom. The molecule has 0 atom stereocenters. The van der Waals surface area contributed by atoms with Gasteiger partial charge in [0.2, 0.25) is 5.91 Å². The quantitative estimate of drug-likeness (QED) is 0.424. The number of pyridine rings is 1. The molecule has 0 saturated carbocycles. The van der Waals surface area contributed by atoms with E-state index in [1.807, 2.05) is 34.8 Å². The Labute approximate surface area is 203 Å². The van der Waals surface area contributed by atoms with Crippen LogP contribution in [0.5, 0.6) is 0 Å². The van der Waals surface area contributed by atoms with Gasteiger partial charge in [-0.15, -0.1) is 0 Å². The van der Waals surface area contributed by atoms with Crippen molar-refractivity contribution in [2.24, 2.45) is 12.8 Å². The average molecular weight is 476 g/mol. The molecule has 1 amide bonds. The van der Waals surface area contributed by atoms with E-state index in [9.17, 15) is 9.59 Å². The van der Waals surface area contributed by atoms with Crippen molar-refractivity contribution in [3.63, 3.8) is 0 Å². The van der Waals surface area contributed by atoms with Crippen molar-refractivity contribution in [2.45, 2.75) is 6.61 Å². The van der Waals surface area contributed by atoms with Crippen molar-refractivity contribution in [1.82, 2.24) is 24.3 Å². The highest BCUT2D eigenvalue weighted by molar-refractivity contribution is 5.94. The first-order chi connectivity index (χ1) is 17.0. The van der Waals surface area contributed by atoms with Crippen LogP contribution in [0.25, 0.3) is 16.6 Å². The molecule has 1 fully saturated rings. The third-order valence-electron chi connectivity index (χ3n) is 5.97. The molecule has 3 aromatic heterocycles. The van der Waals surface area contributed by atoms with Gasteiger partial charge in [-0.3, -0.25) is 14.3 Å². The Bertz CT molecular complexity index is 1310. The molecular weight excluding hydrogens is 446 g/mol. The molecule has 0 unspecified atom stereocenters. The summed E-state index contributed by atoms with van der Waals surface area (Å²) in [5, 5.41) is 8.77. The molecule has 1 aliphatic heterocycles. The number of amides is 1. The Hall–Kier alpha value is -4.18. The van der Waals surface area contributed by atoms with E-state index < -0.39 is 5.91 Å². The number of hydrogen-bond donors (Lipinski definition) is 1. The highest BCUT2D eigenvalue weighted by Crippen LogP contribution is 2.26. The molecule has 1 aliphatic rings. The number of carbonyl (C=O) groups is 2. The second-order valence-electron chi connectivity index (χ2n) is 8.40. The molecule has 10 heteroatoms. The number of ether oxygens (including phenoxy) is 1. The number of rotatable bonds is 6. The number of anilines is 1. The monoisotopic (exact) mass is 475 g/mol. The van der Waals surface area contributed by atoms with Crippen molar-refractivity contribution in [3.8, 4) is 11.1 Å². The van der Waals surface area contributed by atoms with Gasteiger partial charge in [-0.25, -0.2) is 4.52 Å². The molecule has 4 aromatic rings. The van der Waals surface area contributed by atoms with Crippen LogP contribution in [0.1, 0.15) is 15.9 Å². The van der Waals surface area contributed by atoms with Gasteiger partial charge in [0.25, 0.3) is 6.47 Å². The van der Waals surface area contributed by atoms with Gasteiger partial charge >= 0.3 is 0 Å². The molecule has 4 heterocycles. The van der Waals surface area contributed by atoms with E-state index in [2.05, 4.69) is 50.1 Å². The minimum Gasteiger partial charge on any atom is -0.463 e. The van der Waals surface area contributed by atoms with Gasteiger partial charge in [-0.05, 0) is 19.2 Å². The minimum absolute atomic E-state index is 0.0720. The molecule has 2 N–H and O–H groups in total. The number of nitrogens with two attached hydrogens (primary N) is 1. The van der Waals surface area contributed by atoms with Gasteiger partial charge in [0.05, 0.1) is 23.6 Å². The first kappa shape index (κ1) is 24.0. The average Bonchev–Trinajstić information content (AvgIpc) is 3.49. The van der Waals surface area contributed by atoms with Gasteiger partial charge in [0.1, 0.15) is 6.61 Å². The molecule has 0 spiro atoms. The van der Waals surface area contributed by atoms with E-state index in [-0.39, 0.29) is 6.61 Å². The number of likely N-dealkylation sites (N-methyl/N-ethyl adjacent to an activating group) is 1. The standard InChI is InChI=1S/C16H20N6.C9H9NO3/c1-19-5-7-21(8-6-19)16-10-18-22-12-13(3-4-15(16)22)14-9-17-20(2)11-14;10-9(12)8-4-2-1-3-7(8)5-13-6-11/h3-4,9-12H,5-8H2,1-2H3;1-4,6H,5H2,(H2,10,12). The molecular formula is C25H29N7O3. The number of fused-ring (bicyclic) bond motifs is 1. The van der Waals surface area contributed by atoms with Crippen LogP contribution in [-0.2, 0) is 23.2 Å². The molecule has 10 nitrogen and oxygen atoms in total. The molecule has 182 valence electrons. The lowest BCUT2D eigenvalue weighted by atomic mass is 10.1. The summed E-state index contributed by atoms with van der Waals surface area (Å²) in [5.74, 6) is -0.523. The lowest BCUT2D eigenvalue weighted by molar-refractivity contribution is -0.129. The van der Waals surface area contributed by atoms with Gasteiger partial charge < -0.3 is 20.3 Å². The number of hydrogen-bond acceptors (Lipinski definition) is 7. The van der Waals surface area contributed by atoms with E-state index in [1.54, 1.807) is 24.3 Å². The molecule has 35 heavy (non-hydrogen) atoms. The van der Waals surface area contributed by atoms with Crippen LogP contribution < -0.4 is 10.6 Å². The number of aryl methyl sites for hydroxylation is 1. The van der Waals surface area contributed by atoms with Gasteiger partial charge in [-0.2, -0.15) is 10.2 Å². The normalized spacial score (nSPS) is 13.8. The molecule has 0 radical (unpaired) electrons. The molecule has 0 aliphatic carbocycles. The second kappa shape index (κ2) is 10.8. The van der Waals surface area contributed by atoms with Gasteiger partial charge in [-0.1, -0.05) is 24.3 Å². The molecule has 5 rings (SSSR count). The summed E-state index contributed by atoms with van der Waals surface area (Å²) in [6.07, 6.45) is 7.96. The SMILES string of the molecule is CN1CCN(c2cnn3cc(-c4cnn(C)c4)ccc23)CC1.NC(=O)c1ccccc1COC=O. The third-order valence-corrected chi connectivity index (χ3v) is 5.97. The Morgan fingerprint density at radius 1 is 1.00 bits per heavy atom. The van der Waals surface area contributed by atoms with E-state index in [4.69, 9.17) is 5.73 Å². The zero-order valence-electron chi connectivity index (χ0n) is 19.9. The van der Waals surface area contributed by atoms with Crippen LogP contribution in [0.2, 0.25) is 0 Å². The van der Waals surface area contributed by atoms with E-state index in [0.717, 1.165) is 42.8 Å². The summed E-state index contributed by atoms with van der Waals surface area (Å²) in [7, 11) is 4.11. The Kier molecular flexibility index (Phi) is 7.41.